The summed E-state index contributed by atoms with van der Waals surface area (Å²) in [6.07, 6.45) is 0. The SMILES string of the molecule is CC(C)N(CCBr)Cc1cccc(F)c1F. The van der Waals surface area contributed by atoms with Crippen LogP contribution >= 0.6 is 15.9 Å². The normalized spacial score (nSPS) is 11.4. The van der Waals surface area contributed by atoms with Gasteiger partial charge in [0.25, 0.3) is 0 Å². The fourth-order valence-corrected chi connectivity index (χ4v) is 1.97. The molecule has 16 heavy (non-hydrogen) atoms. The molecule has 0 aliphatic carbocycles. The molecule has 0 aliphatic rings. The lowest BCUT2D eigenvalue weighted by Gasteiger charge is -2.25. The third-order valence-corrected chi connectivity index (χ3v) is 2.86. The van der Waals surface area contributed by atoms with Crippen molar-refractivity contribution in [1.82, 2.24) is 4.90 Å². The lowest BCUT2D eigenvalue weighted by atomic mass is 10.1. The number of hydrogen-bond acceptors (Lipinski definition) is 1. The highest BCUT2D eigenvalue weighted by Gasteiger charge is 2.13. The first-order valence-corrected chi connectivity index (χ1v) is 6.41. The molecule has 0 atom stereocenters. The third-order valence-electron chi connectivity index (χ3n) is 2.51. The maximum Gasteiger partial charge on any atom is 0.163 e. The van der Waals surface area contributed by atoms with Crippen LogP contribution < -0.4 is 0 Å². The van der Waals surface area contributed by atoms with Crippen LogP contribution in [0.2, 0.25) is 0 Å². The average molecular weight is 292 g/mol. The number of benzene rings is 1. The van der Waals surface area contributed by atoms with E-state index in [-0.39, 0.29) is 0 Å². The van der Waals surface area contributed by atoms with Crippen molar-refractivity contribution in [3.05, 3.63) is 35.4 Å². The van der Waals surface area contributed by atoms with E-state index in [2.05, 4.69) is 20.8 Å². The minimum absolute atomic E-state index is 0.306. The highest BCUT2D eigenvalue weighted by atomic mass is 79.9. The van der Waals surface area contributed by atoms with Gasteiger partial charge in [-0.05, 0) is 19.9 Å². The minimum atomic E-state index is -0.778. The second-order valence-corrected chi connectivity index (χ2v) is 4.76. The van der Waals surface area contributed by atoms with Crippen LogP contribution in [0, 0.1) is 11.6 Å². The summed E-state index contributed by atoms with van der Waals surface area (Å²) < 4.78 is 26.5. The summed E-state index contributed by atoms with van der Waals surface area (Å²) in [6.45, 7) is 5.33. The van der Waals surface area contributed by atoms with E-state index in [0.29, 0.717) is 18.2 Å². The first kappa shape index (κ1) is 13.6. The van der Waals surface area contributed by atoms with Crippen LogP contribution in [0.4, 0.5) is 8.78 Å². The summed E-state index contributed by atoms with van der Waals surface area (Å²) in [6, 6.07) is 4.62. The van der Waals surface area contributed by atoms with Gasteiger partial charge in [0.1, 0.15) is 0 Å². The number of rotatable bonds is 5. The molecule has 0 bridgehead atoms. The Morgan fingerprint density at radius 2 is 2.00 bits per heavy atom. The molecule has 1 aromatic carbocycles. The molecule has 0 saturated heterocycles. The molecule has 1 rings (SSSR count). The lowest BCUT2D eigenvalue weighted by Crippen LogP contribution is -2.32. The van der Waals surface area contributed by atoms with Gasteiger partial charge in [0, 0.05) is 30.0 Å². The molecule has 0 fully saturated rings. The van der Waals surface area contributed by atoms with Gasteiger partial charge in [-0.1, -0.05) is 28.1 Å². The van der Waals surface area contributed by atoms with E-state index >= 15 is 0 Å². The predicted octanol–water partition coefficient (Wildman–Crippen LogP) is 3.57. The van der Waals surface area contributed by atoms with Crippen LogP contribution in [0.3, 0.4) is 0 Å². The maximum absolute atomic E-state index is 13.5. The molecule has 0 amide bonds. The molecular formula is C12H16BrF2N. The van der Waals surface area contributed by atoms with E-state index in [4.69, 9.17) is 0 Å². The van der Waals surface area contributed by atoms with Crippen molar-refractivity contribution in [2.45, 2.75) is 26.4 Å². The fourth-order valence-electron chi connectivity index (χ4n) is 1.52. The van der Waals surface area contributed by atoms with Gasteiger partial charge >= 0.3 is 0 Å². The predicted molar refractivity (Wildman–Crippen MR) is 65.7 cm³/mol. The summed E-state index contributed by atoms with van der Waals surface area (Å²) in [7, 11) is 0. The number of nitrogens with zero attached hydrogens (tertiary/aromatic N) is 1. The van der Waals surface area contributed by atoms with Crippen molar-refractivity contribution >= 4 is 15.9 Å². The van der Waals surface area contributed by atoms with E-state index in [9.17, 15) is 8.78 Å². The van der Waals surface area contributed by atoms with Gasteiger partial charge in [0.05, 0.1) is 0 Å². The Balaban J connectivity index is 2.81. The molecule has 0 radical (unpaired) electrons. The maximum atomic E-state index is 13.5. The van der Waals surface area contributed by atoms with Crippen molar-refractivity contribution in [1.29, 1.82) is 0 Å². The standard InChI is InChI=1S/C12H16BrF2N/c1-9(2)16(7-6-13)8-10-4-3-5-11(14)12(10)15/h3-5,9H,6-8H2,1-2H3. The van der Waals surface area contributed by atoms with Crippen molar-refractivity contribution < 1.29 is 8.78 Å². The molecule has 0 aromatic heterocycles. The van der Waals surface area contributed by atoms with E-state index in [1.165, 1.54) is 0 Å². The van der Waals surface area contributed by atoms with Crippen LogP contribution in [0.25, 0.3) is 0 Å². The zero-order chi connectivity index (χ0) is 12.1. The van der Waals surface area contributed by atoms with E-state index in [1.807, 2.05) is 13.8 Å². The largest absolute Gasteiger partial charge is 0.296 e. The van der Waals surface area contributed by atoms with Crippen LogP contribution in [0.1, 0.15) is 19.4 Å². The Kier molecular flexibility index (Phi) is 5.35. The summed E-state index contributed by atoms with van der Waals surface area (Å²) >= 11 is 3.36. The molecule has 0 aliphatic heterocycles. The van der Waals surface area contributed by atoms with Crippen molar-refractivity contribution in [3.63, 3.8) is 0 Å². The van der Waals surface area contributed by atoms with Crippen molar-refractivity contribution in [2.75, 3.05) is 11.9 Å². The van der Waals surface area contributed by atoms with Gasteiger partial charge in [-0.25, -0.2) is 8.78 Å². The Morgan fingerprint density at radius 1 is 1.31 bits per heavy atom. The quantitative estimate of drug-likeness (QED) is 0.750. The lowest BCUT2D eigenvalue weighted by molar-refractivity contribution is 0.223. The molecule has 4 heteroatoms. The molecule has 1 nitrogen and oxygen atoms in total. The topological polar surface area (TPSA) is 3.24 Å². The van der Waals surface area contributed by atoms with Crippen LogP contribution in [-0.4, -0.2) is 22.8 Å². The van der Waals surface area contributed by atoms with Gasteiger partial charge in [-0.3, -0.25) is 4.90 Å². The first-order chi connectivity index (χ1) is 7.56. The zero-order valence-corrected chi connectivity index (χ0v) is 11.1. The molecule has 0 saturated carbocycles. The van der Waals surface area contributed by atoms with E-state index in [0.717, 1.165) is 17.9 Å². The van der Waals surface area contributed by atoms with Crippen LogP contribution in [-0.2, 0) is 6.54 Å². The monoisotopic (exact) mass is 291 g/mol. The molecule has 0 heterocycles. The van der Waals surface area contributed by atoms with E-state index in [1.54, 1.807) is 12.1 Å². The highest BCUT2D eigenvalue weighted by molar-refractivity contribution is 9.09. The van der Waals surface area contributed by atoms with Gasteiger partial charge < -0.3 is 0 Å². The highest BCUT2D eigenvalue weighted by Crippen LogP contribution is 2.15. The zero-order valence-electron chi connectivity index (χ0n) is 9.51. The number of hydrogen-bond donors (Lipinski definition) is 0. The second kappa shape index (κ2) is 6.30. The van der Waals surface area contributed by atoms with Gasteiger partial charge in [0.15, 0.2) is 11.6 Å². The summed E-state index contributed by atoms with van der Waals surface area (Å²) in [5.74, 6) is -1.51. The average Bonchev–Trinajstić information content (AvgIpc) is 2.23. The molecular weight excluding hydrogens is 276 g/mol. The first-order valence-electron chi connectivity index (χ1n) is 5.29. The summed E-state index contributed by atoms with van der Waals surface area (Å²) in [5, 5.41) is 0.822. The van der Waals surface area contributed by atoms with E-state index < -0.39 is 11.6 Å². The molecule has 0 N–H and O–H groups in total. The smallest absolute Gasteiger partial charge is 0.163 e. The Hall–Kier alpha value is -0.480. The van der Waals surface area contributed by atoms with Crippen molar-refractivity contribution in [3.8, 4) is 0 Å². The third kappa shape index (κ3) is 3.52. The Bertz CT molecular complexity index is 342. The van der Waals surface area contributed by atoms with Crippen LogP contribution in [0.15, 0.2) is 18.2 Å². The fraction of sp³-hybridized carbons (Fsp3) is 0.500. The molecule has 1 aromatic rings. The van der Waals surface area contributed by atoms with Gasteiger partial charge in [-0.15, -0.1) is 0 Å². The number of halogens is 3. The second-order valence-electron chi connectivity index (χ2n) is 3.97. The van der Waals surface area contributed by atoms with Crippen LogP contribution in [0.5, 0.6) is 0 Å². The number of alkyl halides is 1. The van der Waals surface area contributed by atoms with Gasteiger partial charge in [0.2, 0.25) is 0 Å². The Morgan fingerprint density at radius 3 is 2.56 bits per heavy atom. The summed E-state index contributed by atoms with van der Waals surface area (Å²) in [4.78, 5) is 2.09. The summed E-state index contributed by atoms with van der Waals surface area (Å²) in [5.41, 5.74) is 0.412. The molecule has 90 valence electrons. The minimum Gasteiger partial charge on any atom is -0.296 e. The van der Waals surface area contributed by atoms with Crippen molar-refractivity contribution in [2.24, 2.45) is 0 Å². The van der Waals surface area contributed by atoms with Gasteiger partial charge in [-0.2, -0.15) is 0 Å². The Labute approximate surface area is 104 Å². The molecule has 0 spiro atoms. The molecule has 0 unspecified atom stereocenters.